The summed E-state index contributed by atoms with van der Waals surface area (Å²) in [6.07, 6.45) is -0.0767. The SMILES string of the molecule is C[C@@H](OC(=O)CCc1ccsc1)C(=O)Nc1ccc(Cl)cc1Cl. The quantitative estimate of drug-likeness (QED) is 0.757. The van der Waals surface area contributed by atoms with Crippen LogP contribution in [0.3, 0.4) is 0 Å². The number of hydrogen-bond donors (Lipinski definition) is 1. The smallest absolute Gasteiger partial charge is 0.306 e. The molecule has 122 valence electrons. The van der Waals surface area contributed by atoms with Crippen molar-refractivity contribution in [2.75, 3.05) is 5.32 Å². The molecule has 1 N–H and O–H groups in total. The second-order valence-electron chi connectivity index (χ2n) is 4.88. The average Bonchev–Trinajstić information content (AvgIpc) is 3.01. The third-order valence-corrected chi connectivity index (χ3v) is 4.34. The third-order valence-electron chi connectivity index (χ3n) is 3.06. The van der Waals surface area contributed by atoms with Crippen LogP contribution < -0.4 is 5.32 Å². The van der Waals surface area contributed by atoms with Gasteiger partial charge < -0.3 is 10.1 Å². The van der Waals surface area contributed by atoms with Gasteiger partial charge >= 0.3 is 5.97 Å². The Morgan fingerprint density at radius 2 is 2.09 bits per heavy atom. The van der Waals surface area contributed by atoms with E-state index in [2.05, 4.69) is 5.32 Å². The number of ether oxygens (including phenoxy) is 1. The van der Waals surface area contributed by atoms with Crippen LogP contribution in [0.1, 0.15) is 18.9 Å². The van der Waals surface area contributed by atoms with Gasteiger partial charge in [-0.25, -0.2) is 0 Å². The molecule has 1 atom stereocenters. The molecule has 0 saturated heterocycles. The van der Waals surface area contributed by atoms with Gasteiger partial charge in [0.1, 0.15) is 0 Å². The molecule has 7 heteroatoms. The fraction of sp³-hybridized carbons (Fsp3) is 0.250. The van der Waals surface area contributed by atoms with Crippen LogP contribution in [0.5, 0.6) is 0 Å². The maximum Gasteiger partial charge on any atom is 0.306 e. The molecule has 4 nitrogen and oxygen atoms in total. The fourth-order valence-electron chi connectivity index (χ4n) is 1.82. The van der Waals surface area contributed by atoms with E-state index in [0.29, 0.717) is 22.2 Å². The number of rotatable bonds is 6. The summed E-state index contributed by atoms with van der Waals surface area (Å²) in [4.78, 5) is 23.8. The van der Waals surface area contributed by atoms with Crippen molar-refractivity contribution in [1.29, 1.82) is 0 Å². The van der Waals surface area contributed by atoms with E-state index >= 15 is 0 Å². The highest BCUT2D eigenvalue weighted by molar-refractivity contribution is 7.07. The third kappa shape index (κ3) is 5.53. The molecule has 0 saturated carbocycles. The van der Waals surface area contributed by atoms with E-state index in [0.717, 1.165) is 5.56 Å². The molecule has 1 amide bonds. The van der Waals surface area contributed by atoms with Gasteiger partial charge in [0.2, 0.25) is 0 Å². The van der Waals surface area contributed by atoms with Gasteiger partial charge in [-0.3, -0.25) is 9.59 Å². The van der Waals surface area contributed by atoms with Gasteiger partial charge in [0.25, 0.3) is 5.91 Å². The summed E-state index contributed by atoms with van der Waals surface area (Å²) in [5.74, 6) is -0.862. The lowest BCUT2D eigenvalue weighted by Gasteiger charge is -2.14. The highest BCUT2D eigenvalue weighted by Crippen LogP contribution is 2.25. The number of aryl methyl sites for hydroxylation is 1. The van der Waals surface area contributed by atoms with E-state index < -0.39 is 18.0 Å². The Kier molecular flexibility index (Phi) is 6.45. The molecule has 1 heterocycles. The number of anilines is 1. The number of amides is 1. The molecular formula is C16H15Cl2NO3S. The lowest BCUT2D eigenvalue weighted by molar-refractivity contribution is -0.153. The van der Waals surface area contributed by atoms with Gasteiger partial charge in [0, 0.05) is 11.4 Å². The standard InChI is InChI=1S/C16H15Cl2NO3S/c1-10(22-15(20)5-2-11-6-7-23-9-11)16(21)19-14-4-3-12(17)8-13(14)18/h3-4,6-10H,2,5H2,1H3,(H,19,21)/t10-/m1/s1. The summed E-state index contributed by atoms with van der Waals surface area (Å²) in [5, 5.41) is 7.33. The van der Waals surface area contributed by atoms with Crippen LogP contribution >= 0.6 is 34.5 Å². The number of nitrogens with one attached hydrogen (secondary N) is 1. The lowest BCUT2D eigenvalue weighted by atomic mass is 10.2. The highest BCUT2D eigenvalue weighted by atomic mass is 35.5. The summed E-state index contributed by atoms with van der Waals surface area (Å²) >= 11 is 13.4. The minimum atomic E-state index is -0.906. The largest absolute Gasteiger partial charge is 0.453 e. The maximum absolute atomic E-state index is 12.0. The Labute approximate surface area is 148 Å². The van der Waals surface area contributed by atoms with Crippen molar-refractivity contribution in [2.24, 2.45) is 0 Å². The molecule has 2 rings (SSSR count). The van der Waals surface area contributed by atoms with Gasteiger partial charge in [0.05, 0.1) is 10.7 Å². The Bertz CT molecular complexity index is 689. The van der Waals surface area contributed by atoms with Crippen LogP contribution in [-0.2, 0) is 20.7 Å². The number of carbonyl (C=O) groups excluding carboxylic acids is 2. The molecule has 0 fully saturated rings. The second kappa shape index (κ2) is 8.34. The minimum Gasteiger partial charge on any atom is -0.453 e. The first-order valence-corrected chi connectivity index (χ1v) is 8.62. The molecule has 1 aromatic carbocycles. The Morgan fingerprint density at radius 3 is 2.74 bits per heavy atom. The van der Waals surface area contributed by atoms with Crippen LogP contribution in [0.4, 0.5) is 5.69 Å². The number of benzene rings is 1. The predicted molar refractivity (Wildman–Crippen MR) is 93.3 cm³/mol. The summed E-state index contributed by atoms with van der Waals surface area (Å²) in [6, 6.07) is 6.68. The summed E-state index contributed by atoms with van der Waals surface area (Å²) < 4.78 is 5.13. The van der Waals surface area contributed by atoms with Crippen molar-refractivity contribution in [3.63, 3.8) is 0 Å². The van der Waals surface area contributed by atoms with E-state index in [-0.39, 0.29) is 6.42 Å². The molecule has 23 heavy (non-hydrogen) atoms. The Balaban J connectivity index is 1.83. The topological polar surface area (TPSA) is 55.4 Å². The number of carbonyl (C=O) groups is 2. The van der Waals surface area contributed by atoms with Crippen LogP contribution in [0.25, 0.3) is 0 Å². The van der Waals surface area contributed by atoms with Crippen LogP contribution in [0.15, 0.2) is 35.0 Å². The van der Waals surface area contributed by atoms with Crippen LogP contribution in [0, 0.1) is 0 Å². The Morgan fingerprint density at radius 1 is 1.30 bits per heavy atom. The van der Waals surface area contributed by atoms with Crippen molar-refractivity contribution in [2.45, 2.75) is 25.9 Å². The molecule has 0 spiro atoms. The van der Waals surface area contributed by atoms with E-state index in [4.69, 9.17) is 27.9 Å². The maximum atomic E-state index is 12.0. The average molecular weight is 372 g/mol. The number of hydrogen-bond acceptors (Lipinski definition) is 4. The number of halogens is 2. The summed E-state index contributed by atoms with van der Waals surface area (Å²) in [6.45, 7) is 1.52. The Hall–Kier alpha value is -1.56. The van der Waals surface area contributed by atoms with Crippen LogP contribution in [0.2, 0.25) is 10.0 Å². The molecule has 0 bridgehead atoms. The zero-order chi connectivity index (χ0) is 16.8. The zero-order valence-corrected chi connectivity index (χ0v) is 14.7. The molecule has 1 aromatic heterocycles. The molecule has 0 aliphatic carbocycles. The molecule has 0 unspecified atom stereocenters. The fourth-order valence-corrected chi connectivity index (χ4v) is 2.98. The van der Waals surface area contributed by atoms with Gasteiger partial charge in [0.15, 0.2) is 6.10 Å². The van der Waals surface area contributed by atoms with E-state index in [1.165, 1.54) is 13.0 Å². The van der Waals surface area contributed by atoms with E-state index in [1.54, 1.807) is 23.5 Å². The number of esters is 1. The van der Waals surface area contributed by atoms with E-state index in [1.807, 2.05) is 16.8 Å². The monoisotopic (exact) mass is 371 g/mol. The molecule has 0 aliphatic heterocycles. The first kappa shape index (κ1) is 17.8. The highest BCUT2D eigenvalue weighted by Gasteiger charge is 2.18. The second-order valence-corrected chi connectivity index (χ2v) is 6.50. The zero-order valence-electron chi connectivity index (χ0n) is 12.3. The van der Waals surface area contributed by atoms with Gasteiger partial charge in [-0.2, -0.15) is 11.3 Å². The summed E-state index contributed by atoms with van der Waals surface area (Å²) in [7, 11) is 0. The van der Waals surface area contributed by atoms with Crippen LogP contribution in [-0.4, -0.2) is 18.0 Å². The van der Waals surface area contributed by atoms with Crippen molar-refractivity contribution in [3.05, 3.63) is 50.6 Å². The molecule has 0 aliphatic rings. The first-order chi connectivity index (χ1) is 11.0. The lowest BCUT2D eigenvalue weighted by Crippen LogP contribution is -2.30. The number of thiophene rings is 1. The van der Waals surface area contributed by atoms with Crippen molar-refractivity contribution in [3.8, 4) is 0 Å². The van der Waals surface area contributed by atoms with E-state index in [9.17, 15) is 9.59 Å². The van der Waals surface area contributed by atoms with Crippen molar-refractivity contribution >= 4 is 52.1 Å². The van der Waals surface area contributed by atoms with Gasteiger partial charge in [-0.05, 0) is 53.9 Å². The minimum absolute atomic E-state index is 0.232. The molecular weight excluding hydrogens is 357 g/mol. The normalized spacial score (nSPS) is 11.8. The van der Waals surface area contributed by atoms with Crippen molar-refractivity contribution in [1.82, 2.24) is 0 Å². The molecule has 0 radical (unpaired) electrons. The molecule has 2 aromatic rings. The summed E-state index contributed by atoms with van der Waals surface area (Å²) in [5.41, 5.74) is 1.50. The predicted octanol–water partition coefficient (Wildman–Crippen LogP) is 4.56. The van der Waals surface area contributed by atoms with Gasteiger partial charge in [-0.1, -0.05) is 23.2 Å². The van der Waals surface area contributed by atoms with Crippen molar-refractivity contribution < 1.29 is 14.3 Å². The van der Waals surface area contributed by atoms with Gasteiger partial charge in [-0.15, -0.1) is 0 Å². The first-order valence-electron chi connectivity index (χ1n) is 6.92.